The maximum Gasteiger partial charge on any atom is 0.226 e. The minimum atomic E-state index is 0.119. The first-order valence-electron chi connectivity index (χ1n) is 5.49. The first kappa shape index (κ1) is 12.5. The molecular formula is C12H19N3O. The number of ether oxygens (including phenoxy) is 1. The van der Waals surface area contributed by atoms with E-state index in [-0.39, 0.29) is 12.1 Å². The molecule has 0 bridgehead atoms. The van der Waals surface area contributed by atoms with Crippen molar-refractivity contribution < 1.29 is 4.74 Å². The Morgan fingerprint density at radius 3 is 2.88 bits per heavy atom. The number of anilines is 1. The fourth-order valence-electron chi connectivity index (χ4n) is 1.25. The van der Waals surface area contributed by atoms with Gasteiger partial charge >= 0.3 is 0 Å². The van der Waals surface area contributed by atoms with Crippen LogP contribution in [0.1, 0.15) is 27.2 Å². The molecule has 1 aromatic heterocycles. The molecule has 0 saturated heterocycles. The highest BCUT2D eigenvalue weighted by Gasteiger charge is 2.04. The monoisotopic (exact) mass is 221 g/mol. The summed E-state index contributed by atoms with van der Waals surface area (Å²) >= 11 is 0. The van der Waals surface area contributed by atoms with Crippen LogP contribution in [0.4, 0.5) is 5.95 Å². The van der Waals surface area contributed by atoms with E-state index >= 15 is 0 Å². The Morgan fingerprint density at radius 1 is 1.50 bits per heavy atom. The van der Waals surface area contributed by atoms with Crippen molar-refractivity contribution in [1.29, 1.82) is 0 Å². The molecular weight excluding hydrogens is 202 g/mol. The highest BCUT2D eigenvalue weighted by atomic mass is 16.5. The van der Waals surface area contributed by atoms with E-state index in [1.807, 2.05) is 19.9 Å². The van der Waals surface area contributed by atoms with E-state index in [2.05, 4.69) is 28.8 Å². The van der Waals surface area contributed by atoms with E-state index in [4.69, 9.17) is 4.74 Å². The lowest BCUT2D eigenvalue weighted by atomic mass is 10.2. The Kier molecular flexibility index (Phi) is 4.76. The molecule has 1 atom stereocenters. The van der Waals surface area contributed by atoms with Crippen LogP contribution >= 0.6 is 0 Å². The lowest BCUT2D eigenvalue weighted by Crippen LogP contribution is -2.16. The molecule has 88 valence electrons. The van der Waals surface area contributed by atoms with Crippen molar-refractivity contribution in [3.8, 4) is 5.88 Å². The highest BCUT2D eigenvalue weighted by molar-refractivity contribution is 5.28. The third-order valence-corrected chi connectivity index (χ3v) is 1.88. The van der Waals surface area contributed by atoms with Gasteiger partial charge in [-0.25, -0.2) is 4.98 Å². The minimum Gasteiger partial charge on any atom is -0.475 e. The Bertz CT molecular complexity index is 339. The van der Waals surface area contributed by atoms with Gasteiger partial charge in [0.25, 0.3) is 0 Å². The fraction of sp³-hybridized carbons (Fsp3) is 0.500. The summed E-state index contributed by atoms with van der Waals surface area (Å²) in [5.41, 5.74) is 0. The molecule has 4 heteroatoms. The molecule has 1 N–H and O–H groups in total. The second-order valence-corrected chi connectivity index (χ2v) is 3.95. The molecule has 1 unspecified atom stereocenters. The molecule has 4 nitrogen and oxygen atoms in total. The smallest absolute Gasteiger partial charge is 0.226 e. The molecule has 0 aliphatic carbocycles. The van der Waals surface area contributed by atoms with Crippen molar-refractivity contribution in [2.24, 2.45) is 0 Å². The number of rotatable bonds is 6. The van der Waals surface area contributed by atoms with Crippen molar-refractivity contribution in [1.82, 2.24) is 9.97 Å². The summed E-state index contributed by atoms with van der Waals surface area (Å²) in [5.74, 6) is 1.19. The quantitative estimate of drug-likeness (QED) is 0.750. The Morgan fingerprint density at radius 2 is 2.25 bits per heavy atom. The minimum absolute atomic E-state index is 0.119. The van der Waals surface area contributed by atoms with Gasteiger partial charge in [-0.1, -0.05) is 6.08 Å². The molecule has 0 amide bonds. The molecule has 1 rings (SSSR count). The molecule has 1 aromatic rings. The summed E-state index contributed by atoms with van der Waals surface area (Å²) < 4.78 is 5.49. The Balaban J connectivity index is 2.63. The maximum atomic E-state index is 5.49. The van der Waals surface area contributed by atoms with Crippen molar-refractivity contribution >= 4 is 5.95 Å². The van der Waals surface area contributed by atoms with Crippen molar-refractivity contribution in [3.05, 3.63) is 24.9 Å². The van der Waals surface area contributed by atoms with Crippen LogP contribution in [0.2, 0.25) is 0 Å². The lowest BCUT2D eigenvalue weighted by Gasteiger charge is -2.13. The average Bonchev–Trinajstić information content (AvgIpc) is 2.17. The van der Waals surface area contributed by atoms with Gasteiger partial charge in [0.2, 0.25) is 11.8 Å². The summed E-state index contributed by atoms with van der Waals surface area (Å²) in [7, 11) is 0. The zero-order valence-corrected chi connectivity index (χ0v) is 10.1. The third kappa shape index (κ3) is 4.29. The summed E-state index contributed by atoms with van der Waals surface area (Å²) in [5, 5.41) is 3.18. The third-order valence-electron chi connectivity index (χ3n) is 1.88. The molecule has 0 spiro atoms. The summed E-state index contributed by atoms with van der Waals surface area (Å²) in [6.45, 7) is 9.69. The molecule has 0 fully saturated rings. The molecule has 0 saturated carbocycles. The zero-order valence-electron chi connectivity index (χ0n) is 10.1. The van der Waals surface area contributed by atoms with Gasteiger partial charge in [0.05, 0.1) is 6.10 Å². The lowest BCUT2D eigenvalue weighted by molar-refractivity contribution is 0.232. The van der Waals surface area contributed by atoms with Gasteiger partial charge in [-0.15, -0.1) is 6.58 Å². The molecule has 0 aromatic carbocycles. The highest BCUT2D eigenvalue weighted by Crippen LogP contribution is 2.11. The van der Waals surface area contributed by atoms with E-state index in [0.717, 1.165) is 6.42 Å². The number of hydrogen-bond acceptors (Lipinski definition) is 4. The van der Waals surface area contributed by atoms with Crippen LogP contribution in [0.15, 0.2) is 24.9 Å². The number of hydrogen-bond donors (Lipinski definition) is 1. The Labute approximate surface area is 96.8 Å². The second kappa shape index (κ2) is 6.10. The predicted molar refractivity (Wildman–Crippen MR) is 65.7 cm³/mol. The van der Waals surface area contributed by atoms with Crippen molar-refractivity contribution in [2.75, 3.05) is 5.32 Å². The second-order valence-electron chi connectivity index (χ2n) is 3.95. The molecule has 0 radical (unpaired) electrons. The van der Waals surface area contributed by atoms with E-state index < -0.39 is 0 Å². The summed E-state index contributed by atoms with van der Waals surface area (Å²) in [6, 6.07) is 2.02. The largest absolute Gasteiger partial charge is 0.475 e. The first-order chi connectivity index (χ1) is 7.61. The SMILES string of the molecule is C=CCC(C)Nc1nccc(OC(C)C)n1. The van der Waals surface area contributed by atoms with Gasteiger partial charge in [0.15, 0.2) is 0 Å². The molecule has 1 heterocycles. The van der Waals surface area contributed by atoms with E-state index in [1.54, 1.807) is 12.3 Å². The van der Waals surface area contributed by atoms with Crippen LogP contribution in [0, 0.1) is 0 Å². The molecule has 16 heavy (non-hydrogen) atoms. The molecule has 0 aliphatic rings. The summed E-state index contributed by atoms with van der Waals surface area (Å²) in [6.07, 6.45) is 4.55. The van der Waals surface area contributed by atoms with Gasteiger partial charge < -0.3 is 10.1 Å². The fourth-order valence-corrected chi connectivity index (χ4v) is 1.25. The van der Waals surface area contributed by atoms with Crippen LogP contribution in [0.5, 0.6) is 5.88 Å². The van der Waals surface area contributed by atoms with Gasteiger partial charge in [-0.2, -0.15) is 4.98 Å². The van der Waals surface area contributed by atoms with E-state index in [9.17, 15) is 0 Å². The van der Waals surface area contributed by atoms with Gasteiger partial charge in [0, 0.05) is 18.3 Å². The Hall–Kier alpha value is -1.58. The number of aromatic nitrogens is 2. The predicted octanol–water partition coefficient (Wildman–Crippen LogP) is 2.64. The average molecular weight is 221 g/mol. The maximum absolute atomic E-state index is 5.49. The first-order valence-corrected chi connectivity index (χ1v) is 5.49. The van der Waals surface area contributed by atoms with E-state index in [0.29, 0.717) is 11.8 Å². The van der Waals surface area contributed by atoms with E-state index in [1.165, 1.54) is 0 Å². The van der Waals surface area contributed by atoms with Crippen molar-refractivity contribution in [2.45, 2.75) is 39.3 Å². The molecule has 0 aliphatic heterocycles. The van der Waals surface area contributed by atoms with Crippen LogP contribution in [-0.4, -0.2) is 22.1 Å². The standard InChI is InChI=1S/C12H19N3O/c1-5-6-10(4)14-12-13-8-7-11(15-12)16-9(2)3/h5,7-10H,1,6H2,2-4H3,(H,13,14,15). The zero-order chi connectivity index (χ0) is 12.0. The van der Waals surface area contributed by atoms with Gasteiger partial charge in [0.1, 0.15) is 0 Å². The van der Waals surface area contributed by atoms with Crippen LogP contribution in [0.25, 0.3) is 0 Å². The number of nitrogens with one attached hydrogen (secondary N) is 1. The normalized spacial score (nSPS) is 12.2. The van der Waals surface area contributed by atoms with Crippen LogP contribution in [-0.2, 0) is 0 Å². The van der Waals surface area contributed by atoms with Crippen LogP contribution < -0.4 is 10.1 Å². The van der Waals surface area contributed by atoms with Gasteiger partial charge in [-0.3, -0.25) is 0 Å². The number of nitrogens with zero attached hydrogens (tertiary/aromatic N) is 2. The summed E-state index contributed by atoms with van der Waals surface area (Å²) in [4.78, 5) is 8.39. The topological polar surface area (TPSA) is 47.0 Å². The van der Waals surface area contributed by atoms with Crippen LogP contribution in [0.3, 0.4) is 0 Å². The van der Waals surface area contributed by atoms with Crippen molar-refractivity contribution in [3.63, 3.8) is 0 Å². The van der Waals surface area contributed by atoms with Gasteiger partial charge in [-0.05, 0) is 27.2 Å².